The second-order valence-corrected chi connectivity index (χ2v) is 5.80. The number of pyridine rings is 1. The van der Waals surface area contributed by atoms with E-state index in [-0.39, 0.29) is 11.3 Å². The maximum absolute atomic E-state index is 12.5. The topological polar surface area (TPSA) is 54.3 Å². The maximum Gasteiger partial charge on any atom is 0.253 e. The third-order valence-corrected chi connectivity index (χ3v) is 4.05. The number of aromatic nitrogens is 1. The Labute approximate surface area is 135 Å². The molecule has 0 aliphatic carbocycles. The van der Waals surface area contributed by atoms with Gasteiger partial charge in [0, 0.05) is 56.3 Å². The summed E-state index contributed by atoms with van der Waals surface area (Å²) in [5.41, 5.74) is 1.84. The fourth-order valence-electron chi connectivity index (χ4n) is 2.74. The van der Waals surface area contributed by atoms with Crippen LogP contribution in [0.15, 0.2) is 53.6 Å². The van der Waals surface area contributed by atoms with Crippen LogP contribution in [0.4, 0.5) is 0 Å². The highest BCUT2D eigenvalue weighted by Crippen LogP contribution is 2.10. The lowest BCUT2D eigenvalue weighted by atomic mass is 10.1. The predicted octanol–water partition coefficient (Wildman–Crippen LogP) is 1.33. The molecule has 3 rings (SSSR count). The van der Waals surface area contributed by atoms with Crippen molar-refractivity contribution >= 4 is 5.91 Å². The highest BCUT2D eigenvalue weighted by molar-refractivity contribution is 5.94. The third kappa shape index (κ3) is 4.07. The van der Waals surface area contributed by atoms with Crippen LogP contribution in [0.1, 0.15) is 22.3 Å². The molecular weight excluding hydrogens is 290 g/mol. The summed E-state index contributed by atoms with van der Waals surface area (Å²) in [4.78, 5) is 25.5. The molecule has 1 aliphatic rings. The fraction of sp³-hybridized carbons (Fsp3) is 0.333. The summed E-state index contributed by atoms with van der Waals surface area (Å²) in [6.45, 7) is 4.09. The molecule has 2 heterocycles. The van der Waals surface area contributed by atoms with E-state index < -0.39 is 0 Å². The van der Waals surface area contributed by atoms with E-state index in [0.29, 0.717) is 6.54 Å². The van der Waals surface area contributed by atoms with Gasteiger partial charge in [0.25, 0.3) is 5.91 Å². The molecule has 0 saturated carbocycles. The van der Waals surface area contributed by atoms with Crippen molar-refractivity contribution in [3.63, 3.8) is 0 Å². The van der Waals surface area contributed by atoms with Gasteiger partial charge in [0.05, 0.1) is 0 Å². The summed E-state index contributed by atoms with van der Waals surface area (Å²) in [6, 6.07) is 10.8. The molecule has 0 radical (unpaired) electrons. The van der Waals surface area contributed by atoms with Gasteiger partial charge in [0.1, 0.15) is 0 Å². The number of carbonyl (C=O) groups is 1. The van der Waals surface area contributed by atoms with Crippen LogP contribution in [0.3, 0.4) is 0 Å². The summed E-state index contributed by atoms with van der Waals surface area (Å²) in [6.07, 6.45) is 4.54. The highest BCUT2D eigenvalue weighted by atomic mass is 16.2. The van der Waals surface area contributed by atoms with Crippen LogP contribution in [0.25, 0.3) is 0 Å². The predicted molar refractivity (Wildman–Crippen MR) is 89.6 cm³/mol. The zero-order valence-electron chi connectivity index (χ0n) is 13.1. The number of nitrogens with one attached hydrogen (secondary N) is 1. The van der Waals surface area contributed by atoms with Gasteiger partial charge in [-0.15, -0.1) is 0 Å². The Kier molecular flexibility index (Phi) is 4.88. The Morgan fingerprint density at radius 1 is 1.00 bits per heavy atom. The van der Waals surface area contributed by atoms with E-state index >= 15 is 0 Å². The molecule has 5 heteroatoms. The summed E-state index contributed by atoms with van der Waals surface area (Å²) < 4.78 is 1.94. The molecule has 2 aromatic rings. The van der Waals surface area contributed by atoms with E-state index in [2.05, 4.69) is 5.32 Å². The number of rotatable bonds is 3. The Morgan fingerprint density at radius 3 is 2.48 bits per heavy atom. The molecule has 23 heavy (non-hydrogen) atoms. The average Bonchev–Trinajstić information content (AvgIpc) is 2.86. The van der Waals surface area contributed by atoms with Crippen molar-refractivity contribution in [2.45, 2.75) is 13.0 Å². The molecule has 5 nitrogen and oxygen atoms in total. The zero-order chi connectivity index (χ0) is 16.1. The van der Waals surface area contributed by atoms with Crippen molar-refractivity contribution in [1.29, 1.82) is 0 Å². The minimum absolute atomic E-state index is 0.00846. The molecule has 1 amide bonds. The highest BCUT2D eigenvalue weighted by Gasteiger charge is 2.16. The molecule has 1 aromatic heterocycles. The molecule has 0 atom stereocenters. The van der Waals surface area contributed by atoms with Gasteiger partial charge >= 0.3 is 0 Å². The third-order valence-electron chi connectivity index (χ3n) is 4.05. The van der Waals surface area contributed by atoms with Crippen LogP contribution in [-0.2, 0) is 6.54 Å². The Balaban J connectivity index is 1.67. The van der Waals surface area contributed by atoms with Gasteiger partial charge in [-0.05, 0) is 30.7 Å². The van der Waals surface area contributed by atoms with Gasteiger partial charge in [-0.2, -0.15) is 0 Å². The molecule has 120 valence electrons. The first-order chi connectivity index (χ1) is 11.2. The monoisotopic (exact) mass is 311 g/mol. The zero-order valence-corrected chi connectivity index (χ0v) is 13.1. The maximum atomic E-state index is 12.5. The fourth-order valence-corrected chi connectivity index (χ4v) is 2.74. The van der Waals surface area contributed by atoms with Gasteiger partial charge in [-0.1, -0.05) is 12.1 Å². The molecule has 0 bridgehead atoms. The number of carbonyl (C=O) groups excluding carboxylic acids is 1. The van der Waals surface area contributed by atoms with Crippen molar-refractivity contribution in [2.24, 2.45) is 0 Å². The van der Waals surface area contributed by atoms with Crippen molar-refractivity contribution in [3.8, 4) is 0 Å². The summed E-state index contributed by atoms with van der Waals surface area (Å²) in [5.74, 6) is 0.101. The molecule has 1 aromatic carbocycles. The lowest BCUT2D eigenvalue weighted by Gasteiger charge is -2.20. The Morgan fingerprint density at radius 2 is 1.74 bits per heavy atom. The van der Waals surface area contributed by atoms with E-state index in [0.717, 1.165) is 43.7 Å². The van der Waals surface area contributed by atoms with E-state index in [4.69, 9.17) is 0 Å². The van der Waals surface area contributed by atoms with Crippen LogP contribution in [0.5, 0.6) is 0 Å². The van der Waals surface area contributed by atoms with E-state index in [1.54, 1.807) is 24.5 Å². The second kappa shape index (κ2) is 7.24. The van der Waals surface area contributed by atoms with Gasteiger partial charge < -0.3 is 14.8 Å². The van der Waals surface area contributed by atoms with Crippen LogP contribution < -0.4 is 10.7 Å². The van der Waals surface area contributed by atoms with Crippen molar-refractivity contribution in [3.05, 3.63) is 70.1 Å². The number of hydrogen-bond acceptors (Lipinski definition) is 3. The molecule has 1 fully saturated rings. The van der Waals surface area contributed by atoms with Gasteiger partial charge in [-0.25, -0.2) is 0 Å². The van der Waals surface area contributed by atoms with Gasteiger partial charge in [0.15, 0.2) is 5.43 Å². The number of benzene rings is 1. The minimum atomic E-state index is 0.00846. The molecule has 1 saturated heterocycles. The molecular formula is C18H21N3O2. The first-order valence-electron chi connectivity index (χ1n) is 7.97. The van der Waals surface area contributed by atoms with Gasteiger partial charge in [-0.3, -0.25) is 9.59 Å². The summed E-state index contributed by atoms with van der Waals surface area (Å²) >= 11 is 0. The average molecular weight is 311 g/mol. The first-order valence-corrected chi connectivity index (χ1v) is 7.97. The lowest BCUT2D eigenvalue weighted by molar-refractivity contribution is 0.0766. The van der Waals surface area contributed by atoms with Crippen LogP contribution >= 0.6 is 0 Å². The van der Waals surface area contributed by atoms with E-state index in [1.807, 2.05) is 33.7 Å². The molecule has 1 aliphatic heterocycles. The summed E-state index contributed by atoms with van der Waals surface area (Å²) in [5, 5.41) is 3.31. The smallest absolute Gasteiger partial charge is 0.253 e. The second-order valence-electron chi connectivity index (χ2n) is 5.80. The van der Waals surface area contributed by atoms with Crippen molar-refractivity contribution in [1.82, 2.24) is 14.8 Å². The quantitative estimate of drug-likeness (QED) is 0.930. The van der Waals surface area contributed by atoms with Crippen molar-refractivity contribution < 1.29 is 4.79 Å². The van der Waals surface area contributed by atoms with Crippen LogP contribution in [-0.4, -0.2) is 41.6 Å². The minimum Gasteiger partial charge on any atom is -0.350 e. The van der Waals surface area contributed by atoms with Crippen LogP contribution in [0, 0.1) is 0 Å². The normalized spacial score (nSPS) is 15.2. The lowest BCUT2D eigenvalue weighted by Crippen LogP contribution is -2.34. The SMILES string of the molecule is O=C(c1ccc(Cn2ccc(=O)cc2)cc1)N1CCCNCC1. The molecule has 0 unspecified atom stereocenters. The number of nitrogens with zero attached hydrogens (tertiary/aromatic N) is 2. The number of amides is 1. The van der Waals surface area contributed by atoms with Crippen LogP contribution in [0.2, 0.25) is 0 Å². The van der Waals surface area contributed by atoms with Crippen molar-refractivity contribution in [2.75, 3.05) is 26.2 Å². The standard InChI is InChI=1S/C18H21N3O2/c22-17-6-11-20(12-7-17)14-15-2-4-16(5-3-15)18(23)21-10-1-8-19-9-13-21/h2-7,11-12,19H,1,8-10,13-14H2. The first kappa shape index (κ1) is 15.5. The van der Waals surface area contributed by atoms with Gasteiger partial charge in [0.2, 0.25) is 0 Å². The van der Waals surface area contributed by atoms with E-state index in [9.17, 15) is 9.59 Å². The van der Waals surface area contributed by atoms with E-state index in [1.165, 1.54) is 0 Å². The Hall–Kier alpha value is -2.40. The number of hydrogen-bond donors (Lipinski definition) is 1. The Bertz CT molecular complexity index is 693. The molecule has 0 spiro atoms. The summed E-state index contributed by atoms with van der Waals surface area (Å²) in [7, 11) is 0. The molecule has 1 N–H and O–H groups in total. The largest absolute Gasteiger partial charge is 0.350 e.